The van der Waals surface area contributed by atoms with Crippen LogP contribution in [0.4, 0.5) is 5.82 Å². The lowest BCUT2D eigenvalue weighted by molar-refractivity contribution is 0.674. The molecule has 0 unspecified atom stereocenters. The molecule has 3 aromatic heterocycles. The molecule has 1 saturated carbocycles. The number of aromatic nitrogens is 4. The minimum absolute atomic E-state index is 0.457. The molecular weight excluding hydrogens is 386 g/mol. The Kier molecular flexibility index (Phi) is 3.77. The number of fused-ring (bicyclic) bond motifs is 2. The summed E-state index contributed by atoms with van der Waals surface area (Å²) in [5.41, 5.74) is 14.8. The van der Waals surface area contributed by atoms with Gasteiger partial charge in [0.2, 0.25) is 0 Å². The molecule has 4 aromatic rings. The fourth-order valence-corrected chi connectivity index (χ4v) is 4.69. The van der Waals surface area contributed by atoms with E-state index in [1.807, 2.05) is 24.1 Å². The molecular formula is C24H23N7. The van der Waals surface area contributed by atoms with Gasteiger partial charge in [-0.1, -0.05) is 6.07 Å². The Balaban J connectivity index is 1.79. The third-order valence-electron chi connectivity index (χ3n) is 6.57. The molecule has 0 amide bonds. The number of nitrogens with two attached hydrogens (primary N) is 1. The number of rotatable bonds is 3. The van der Waals surface area contributed by atoms with Crippen LogP contribution in [0.5, 0.6) is 0 Å². The van der Waals surface area contributed by atoms with Crippen LogP contribution in [0.25, 0.3) is 33.6 Å². The first kappa shape index (κ1) is 18.2. The van der Waals surface area contributed by atoms with Crippen LogP contribution in [0.1, 0.15) is 41.1 Å². The summed E-state index contributed by atoms with van der Waals surface area (Å²) in [5, 5.41) is 19.6. The van der Waals surface area contributed by atoms with Crippen molar-refractivity contribution >= 4 is 33.7 Å². The second kappa shape index (κ2) is 6.43. The van der Waals surface area contributed by atoms with Gasteiger partial charge in [-0.05, 0) is 43.0 Å². The number of nitriles is 1. The van der Waals surface area contributed by atoms with E-state index in [1.54, 1.807) is 0 Å². The quantitative estimate of drug-likeness (QED) is 0.539. The van der Waals surface area contributed by atoms with Gasteiger partial charge in [-0.2, -0.15) is 10.4 Å². The van der Waals surface area contributed by atoms with Crippen molar-refractivity contribution in [2.75, 3.05) is 18.8 Å². The van der Waals surface area contributed by atoms with Crippen molar-refractivity contribution in [1.82, 2.24) is 24.6 Å². The molecule has 7 heteroatoms. The molecule has 7 nitrogen and oxygen atoms in total. The van der Waals surface area contributed by atoms with Gasteiger partial charge in [0.25, 0.3) is 0 Å². The summed E-state index contributed by atoms with van der Waals surface area (Å²) in [4.78, 5) is 4.82. The van der Waals surface area contributed by atoms with Crippen LogP contribution in [0.2, 0.25) is 0 Å². The number of nitrogens with zero attached hydrogens (tertiary/aromatic N) is 5. The van der Waals surface area contributed by atoms with Crippen molar-refractivity contribution in [3.8, 4) is 11.8 Å². The minimum atomic E-state index is 0.457. The molecule has 0 radical (unpaired) electrons. The van der Waals surface area contributed by atoms with Crippen molar-refractivity contribution in [3.63, 3.8) is 0 Å². The van der Waals surface area contributed by atoms with Gasteiger partial charge in [-0.15, -0.1) is 0 Å². The molecule has 0 spiro atoms. The standard InChI is InChI=1S/C24H23N7/c1-13-3-6-20-19(12-29-30(20)2)22(13)31-23-16(7-14-9-27-10-14)21(15-4-5-15)28-11-18(23)17(8-25)24(31)26/h3,6-7,11-12,15,27H,4-5,9-10,26H2,1-2H3. The molecule has 1 aliphatic carbocycles. The highest BCUT2D eigenvalue weighted by molar-refractivity contribution is 6.02. The van der Waals surface area contributed by atoms with Crippen molar-refractivity contribution in [3.05, 3.63) is 52.5 Å². The summed E-state index contributed by atoms with van der Waals surface area (Å²) in [5.74, 6) is 0.938. The van der Waals surface area contributed by atoms with Crippen molar-refractivity contribution in [2.45, 2.75) is 25.7 Å². The number of hydrogen-bond donors (Lipinski definition) is 2. The Morgan fingerprint density at radius 1 is 1.23 bits per heavy atom. The third kappa shape index (κ3) is 2.55. The number of nitrogen functional groups attached to an aromatic ring is 1. The SMILES string of the molecule is Cc1ccc2c(cnn2C)c1-n1c(N)c(C#N)c2cnc(C3CC3)c(C=C3CNC3)c21. The normalized spacial score (nSPS) is 16.0. The van der Waals surface area contributed by atoms with Crippen LogP contribution < -0.4 is 11.1 Å². The Morgan fingerprint density at radius 2 is 2.03 bits per heavy atom. The predicted molar refractivity (Wildman–Crippen MR) is 122 cm³/mol. The van der Waals surface area contributed by atoms with Gasteiger partial charge >= 0.3 is 0 Å². The number of anilines is 1. The second-order valence-electron chi connectivity index (χ2n) is 8.64. The van der Waals surface area contributed by atoms with Crippen molar-refractivity contribution in [1.29, 1.82) is 5.26 Å². The van der Waals surface area contributed by atoms with Crippen molar-refractivity contribution in [2.24, 2.45) is 7.05 Å². The third-order valence-corrected chi connectivity index (χ3v) is 6.57. The minimum Gasteiger partial charge on any atom is -0.384 e. The molecule has 0 bridgehead atoms. The Labute approximate surface area is 179 Å². The zero-order valence-corrected chi connectivity index (χ0v) is 17.6. The molecule has 3 N–H and O–H groups in total. The number of nitrogens with one attached hydrogen (secondary N) is 1. The van der Waals surface area contributed by atoms with Gasteiger partial charge in [0, 0.05) is 48.6 Å². The Hall–Kier alpha value is -3.63. The summed E-state index contributed by atoms with van der Waals surface area (Å²) in [7, 11) is 1.94. The van der Waals surface area contributed by atoms with E-state index in [4.69, 9.17) is 10.7 Å². The van der Waals surface area contributed by atoms with Gasteiger partial charge in [0.15, 0.2) is 0 Å². The van der Waals surface area contributed by atoms with Crippen LogP contribution >= 0.6 is 0 Å². The lowest BCUT2D eigenvalue weighted by atomic mass is 10.0. The first-order valence-electron chi connectivity index (χ1n) is 10.6. The van der Waals surface area contributed by atoms with Gasteiger partial charge < -0.3 is 11.1 Å². The topological polar surface area (TPSA) is 97.5 Å². The smallest absolute Gasteiger partial charge is 0.127 e. The monoisotopic (exact) mass is 409 g/mol. The maximum absolute atomic E-state index is 9.97. The maximum Gasteiger partial charge on any atom is 0.127 e. The van der Waals surface area contributed by atoms with E-state index in [-0.39, 0.29) is 0 Å². The molecule has 31 heavy (non-hydrogen) atoms. The molecule has 6 rings (SSSR count). The van der Waals surface area contributed by atoms with E-state index in [2.05, 4.69) is 46.2 Å². The van der Waals surface area contributed by atoms with Gasteiger partial charge in [0.05, 0.1) is 28.6 Å². The summed E-state index contributed by atoms with van der Waals surface area (Å²) < 4.78 is 3.94. The van der Waals surface area contributed by atoms with Gasteiger partial charge in [-0.25, -0.2) is 0 Å². The van der Waals surface area contributed by atoms with E-state index < -0.39 is 0 Å². The lowest BCUT2D eigenvalue weighted by Gasteiger charge is -2.20. The Bertz CT molecular complexity index is 1450. The largest absolute Gasteiger partial charge is 0.384 e. The van der Waals surface area contributed by atoms with E-state index in [1.165, 1.54) is 5.57 Å². The van der Waals surface area contributed by atoms with Gasteiger partial charge in [0.1, 0.15) is 17.5 Å². The molecule has 4 heterocycles. The molecule has 1 aromatic carbocycles. The van der Waals surface area contributed by atoms with Crippen LogP contribution in [0.15, 0.2) is 30.1 Å². The Morgan fingerprint density at radius 3 is 2.71 bits per heavy atom. The fourth-order valence-electron chi connectivity index (χ4n) is 4.69. The lowest BCUT2D eigenvalue weighted by Crippen LogP contribution is -2.33. The summed E-state index contributed by atoms with van der Waals surface area (Å²) in [6.45, 7) is 3.86. The molecule has 1 aliphatic heterocycles. The zero-order chi connectivity index (χ0) is 21.3. The highest BCUT2D eigenvalue weighted by Gasteiger charge is 2.31. The average molecular weight is 409 g/mol. The van der Waals surface area contributed by atoms with Crippen LogP contribution in [-0.2, 0) is 7.05 Å². The molecule has 2 fully saturated rings. The predicted octanol–water partition coefficient (Wildman–Crippen LogP) is 3.54. The number of pyridine rings is 1. The highest BCUT2D eigenvalue weighted by atomic mass is 15.3. The number of benzene rings is 1. The molecule has 0 atom stereocenters. The first-order chi connectivity index (χ1) is 15.1. The molecule has 1 saturated heterocycles. The van der Waals surface area contributed by atoms with Crippen molar-refractivity contribution < 1.29 is 0 Å². The fraction of sp³-hybridized carbons (Fsp3) is 0.292. The number of aryl methyl sites for hydroxylation is 2. The van der Waals surface area contributed by atoms with Crippen LogP contribution in [-0.4, -0.2) is 32.4 Å². The van der Waals surface area contributed by atoms with Gasteiger partial charge in [-0.3, -0.25) is 14.2 Å². The second-order valence-corrected chi connectivity index (χ2v) is 8.64. The molecule has 154 valence electrons. The average Bonchev–Trinajstić information content (AvgIpc) is 3.45. The summed E-state index contributed by atoms with van der Waals surface area (Å²) in [6.07, 6.45) is 8.30. The number of hydrogen-bond acceptors (Lipinski definition) is 5. The van der Waals surface area contributed by atoms with E-state index >= 15 is 0 Å². The summed E-state index contributed by atoms with van der Waals surface area (Å²) in [6, 6.07) is 6.50. The van der Waals surface area contributed by atoms with Crippen LogP contribution in [0.3, 0.4) is 0 Å². The maximum atomic E-state index is 9.97. The zero-order valence-electron chi connectivity index (χ0n) is 17.6. The first-order valence-corrected chi connectivity index (χ1v) is 10.6. The molecule has 2 aliphatic rings. The highest BCUT2D eigenvalue weighted by Crippen LogP contribution is 2.45. The van der Waals surface area contributed by atoms with E-state index in [0.717, 1.165) is 70.2 Å². The van der Waals surface area contributed by atoms with E-state index in [9.17, 15) is 5.26 Å². The summed E-state index contributed by atoms with van der Waals surface area (Å²) >= 11 is 0. The van der Waals surface area contributed by atoms with Crippen LogP contribution in [0, 0.1) is 18.3 Å². The van der Waals surface area contributed by atoms with E-state index in [0.29, 0.717) is 17.3 Å².